The standard InChI is InChI=1S/C7H9ClN2O2/c1-4-5(2)10-12-7(4)9-6(11)3-8/h3H2,1-2H3,(H,9,11). The van der Waals surface area contributed by atoms with Crippen LogP contribution in [0.3, 0.4) is 0 Å². The van der Waals surface area contributed by atoms with Gasteiger partial charge in [-0.3, -0.25) is 10.1 Å². The average molecular weight is 189 g/mol. The van der Waals surface area contributed by atoms with Crippen molar-refractivity contribution >= 4 is 23.4 Å². The highest BCUT2D eigenvalue weighted by molar-refractivity contribution is 6.29. The molecule has 66 valence electrons. The van der Waals surface area contributed by atoms with Gasteiger partial charge in [0.25, 0.3) is 0 Å². The second-order valence-corrected chi connectivity index (χ2v) is 2.67. The van der Waals surface area contributed by atoms with E-state index in [1.807, 2.05) is 6.92 Å². The Morgan fingerprint density at radius 2 is 2.33 bits per heavy atom. The third kappa shape index (κ3) is 1.76. The molecular weight excluding hydrogens is 180 g/mol. The van der Waals surface area contributed by atoms with Crippen LogP contribution in [0.2, 0.25) is 0 Å². The number of carbonyl (C=O) groups is 1. The van der Waals surface area contributed by atoms with Crippen molar-refractivity contribution in [2.75, 3.05) is 11.2 Å². The lowest BCUT2D eigenvalue weighted by molar-refractivity contribution is -0.114. The topological polar surface area (TPSA) is 55.1 Å². The molecule has 1 amide bonds. The lowest BCUT2D eigenvalue weighted by atomic mass is 10.3. The molecule has 1 rings (SSSR count). The van der Waals surface area contributed by atoms with Crippen molar-refractivity contribution in [2.24, 2.45) is 0 Å². The van der Waals surface area contributed by atoms with E-state index in [2.05, 4.69) is 10.5 Å². The Labute approximate surface area is 74.9 Å². The van der Waals surface area contributed by atoms with Crippen LogP contribution in [0, 0.1) is 13.8 Å². The van der Waals surface area contributed by atoms with Crippen molar-refractivity contribution in [1.82, 2.24) is 5.16 Å². The second-order valence-electron chi connectivity index (χ2n) is 2.40. The maximum absolute atomic E-state index is 10.8. The Kier molecular flexibility index (Phi) is 2.70. The third-order valence-electron chi connectivity index (χ3n) is 1.53. The normalized spacial score (nSPS) is 9.92. The van der Waals surface area contributed by atoms with Gasteiger partial charge in [-0.1, -0.05) is 5.16 Å². The van der Waals surface area contributed by atoms with Gasteiger partial charge in [0.05, 0.1) is 5.69 Å². The molecule has 4 nitrogen and oxygen atoms in total. The van der Waals surface area contributed by atoms with E-state index in [9.17, 15) is 4.79 Å². The first-order valence-electron chi connectivity index (χ1n) is 3.44. The predicted octanol–water partition coefficient (Wildman–Crippen LogP) is 1.47. The summed E-state index contributed by atoms with van der Waals surface area (Å²) in [6.07, 6.45) is 0. The Bertz CT molecular complexity index is 296. The van der Waals surface area contributed by atoms with Gasteiger partial charge in [0.1, 0.15) is 5.88 Å². The zero-order valence-electron chi connectivity index (χ0n) is 6.85. The fourth-order valence-corrected chi connectivity index (χ4v) is 0.759. The van der Waals surface area contributed by atoms with E-state index in [1.54, 1.807) is 6.92 Å². The number of halogens is 1. The summed E-state index contributed by atoms with van der Waals surface area (Å²) in [5.41, 5.74) is 1.59. The molecule has 1 heterocycles. The lowest BCUT2D eigenvalue weighted by Crippen LogP contribution is -2.12. The molecule has 0 aliphatic rings. The number of aromatic nitrogens is 1. The minimum atomic E-state index is -0.295. The average Bonchev–Trinajstić information content (AvgIpc) is 2.36. The molecule has 1 N–H and O–H groups in total. The second kappa shape index (κ2) is 3.58. The summed E-state index contributed by atoms with van der Waals surface area (Å²) in [6.45, 7) is 3.62. The first kappa shape index (κ1) is 9.06. The summed E-state index contributed by atoms with van der Waals surface area (Å²) < 4.78 is 4.83. The van der Waals surface area contributed by atoms with Crippen molar-refractivity contribution in [1.29, 1.82) is 0 Å². The van der Waals surface area contributed by atoms with Crippen LogP contribution in [-0.4, -0.2) is 16.9 Å². The van der Waals surface area contributed by atoms with Crippen LogP contribution in [0.4, 0.5) is 5.88 Å². The number of carbonyl (C=O) groups excluding carboxylic acids is 1. The fourth-order valence-electron chi connectivity index (χ4n) is 0.692. The van der Waals surface area contributed by atoms with Crippen LogP contribution in [0.1, 0.15) is 11.3 Å². The van der Waals surface area contributed by atoms with Crippen LogP contribution in [0.5, 0.6) is 0 Å². The maximum atomic E-state index is 10.8. The van der Waals surface area contributed by atoms with Crippen LogP contribution < -0.4 is 5.32 Å². The largest absolute Gasteiger partial charge is 0.338 e. The van der Waals surface area contributed by atoms with Gasteiger partial charge in [-0.15, -0.1) is 11.6 Å². The molecule has 0 aromatic carbocycles. The first-order chi connectivity index (χ1) is 5.65. The Morgan fingerprint density at radius 1 is 1.67 bits per heavy atom. The van der Waals surface area contributed by atoms with E-state index in [1.165, 1.54) is 0 Å². The summed E-state index contributed by atoms with van der Waals surface area (Å²) in [7, 11) is 0. The van der Waals surface area contributed by atoms with E-state index in [4.69, 9.17) is 16.1 Å². The van der Waals surface area contributed by atoms with E-state index < -0.39 is 0 Å². The quantitative estimate of drug-likeness (QED) is 0.716. The fraction of sp³-hybridized carbons (Fsp3) is 0.429. The molecule has 0 atom stereocenters. The van der Waals surface area contributed by atoms with E-state index in [-0.39, 0.29) is 11.8 Å². The van der Waals surface area contributed by atoms with Crippen LogP contribution in [-0.2, 0) is 4.79 Å². The number of nitrogens with zero attached hydrogens (tertiary/aromatic N) is 1. The predicted molar refractivity (Wildman–Crippen MR) is 45.3 cm³/mol. The van der Waals surface area contributed by atoms with Crippen molar-refractivity contribution in [3.63, 3.8) is 0 Å². The minimum absolute atomic E-state index is 0.0841. The van der Waals surface area contributed by atoms with Crippen molar-refractivity contribution in [3.8, 4) is 0 Å². The number of anilines is 1. The monoisotopic (exact) mass is 188 g/mol. The smallest absolute Gasteiger partial charge is 0.241 e. The van der Waals surface area contributed by atoms with Gasteiger partial charge in [-0.2, -0.15) is 0 Å². The van der Waals surface area contributed by atoms with Gasteiger partial charge in [0.2, 0.25) is 11.8 Å². The molecule has 0 saturated heterocycles. The summed E-state index contributed by atoms with van der Waals surface area (Å²) in [6, 6.07) is 0. The molecule has 1 aromatic rings. The molecule has 0 unspecified atom stereocenters. The van der Waals surface area contributed by atoms with Crippen molar-refractivity contribution in [2.45, 2.75) is 13.8 Å². The maximum Gasteiger partial charge on any atom is 0.241 e. The zero-order valence-corrected chi connectivity index (χ0v) is 7.60. The highest BCUT2D eigenvalue weighted by atomic mass is 35.5. The van der Waals surface area contributed by atoms with Crippen molar-refractivity contribution in [3.05, 3.63) is 11.3 Å². The SMILES string of the molecule is Cc1noc(NC(=O)CCl)c1C. The summed E-state index contributed by atoms with van der Waals surface area (Å²) in [4.78, 5) is 10.8. The van der Waals surface area contributed by atoms with E-state index >= 15 is 0 Å². The molecule has 0 fully saturated rings. The van der Waals surface area contributed by atoms with Gasteiger partial charge >= 0.3 is 0 Å². The first-order valence-corrected chi connectivity index (χ1v) is 3.97. The summed E-state index contributed by atoms with van der Waals surface area (Å²) >= 11 is 5.29. The van der Waals surface area contributed by atoms with E-state index in [0.29, 0.717) is 5.88 Å². The molecule has 0 aliphatic carbocycles. The summed E-state index contributed by atoms with van der Waals surface area (Å²) in [5.74, 6) is -0.00630. The number of rotatable bonds is 2. The molecule has 0 radical (unpaired) electrons. The Balaban J connectivity index is 2.76. The van der Waals surface area contributed by atoms with Gasteiger partial charge < -0.3 is 4.52 Å². The Morgan fingerprint density at radius 3 is 2.75 bits per heavy atom. The third-order valence-corrected chi connectivity index (χ3v) is 1.77. The van der Waals surface area contributed by atoms with Crippen LogP contribution in [0.15, 0.2) is 4.52 Å². The molecule has 12 heavy (non-hydrogen) atoms. The highest BCUT2D eigenvalue weighted by Gasteiger charge is 2.10. The van der Waals surface area contributed by atoms with Crippen LogP contribution >= 0.6 is 11.6 Å². The number of hydrogen-bond donors (Lipinski definition) is 1. The molecule has 0 aliphatic heterocycles. The number of alkyl halides is 1. The number of aryl methyl sites for hydroxylation is 1. The summed E-state index contributed by atoms with van der Waals surface area (Å²) in [5, 5.41) is 6.15. The number of amides is 1. The molecule has 0 bridgehead atoms. The lowest BCUT2D eigenvalue weighted by Gasteiger charge is -1.96. The van der Waals surface area contributed by atoms with Gasteiger partial charge in [-0.05, 0) is 13.8 Å². The Hall–Kier alpha value is -1.03. The molecule has 0 saturated carbocycles. The van der Waals surface area contributed by atoms with Crippen molar-refractivity contribution < 1.29 is 9.32 Å². The van der Waals surface area contributed by atoms with Gasteiger partial charge in [0.15, 0.2) is 0 Å². The number of nitrogens with one attached hydrogen (secondary N) is 1. The van der Waals surface area contributed by atoms with Gasteiger partial charge in [0, 0.05) is 5.56 Å². The minimum Gasteiger partial charge on any atom is -0.338 e. The van der Waals surface area contributed by atoms with Gasteiger partial charge in [-0.25, -0.2) is 0 Å². The molecule has 5 heteroatoms. The number of hydrogen-bond acceptors (Lipinski definition) is 3. The molecule has 0 spiro atoms. The molecular formula is C7H9ClN2O2. The highest BCUT2D eigenvalue weighted by Crippen LogP contribution is 2.16. The van der Waals surface area contributed by atoms with E-state index in [0.717, 1.165) is 11.3 Å². The zero-order chi connectivity index (χ0) is 9.14. The van der Waals surface area contributed by atoms with Crippen LogP contribution in [0.25, 0.3) is 0 Å². The molecule has 1 aromatic heterocycles.